The van der Waals surface area contributed by atoms with E-state index in [0.29, 0.717) is 6.04 Å². The maximum atomic E-state index is 5.32. The molecular formula is C9H23N3. The molecule has 1 heterocycles. The van der Waals surface area contributed by atoms with Crippen LogP contribution in [0.3, 0.4) is 0 Å². The Morgan fingerprint density at radius 1 is 1.33 bits per heavy atom. The molecule has 0 spiro atoms. The van der Waals surface area contributed by atoms with Crippen molar-refractivity contribution in [2.45, 2.75) is 39.7 Å². The summed E-state index contributed by atoms with van der Waals surface area (Å²) in [6.45, 7) is 9.78. The van der Waals surface area contributed by atoms with Gasteiger partial charge < -0.3 is 4.90 Å². The van der Waals surface area contributed by atoms with Gasteiger partial charge in [-0.15, -0.1) is 0 Å². The first-order valence-electron chi connectivity index (χ1n) is 5.05. The van der Waals surface area contributed by atoms with Crippen molar-refractivity contribution in [1.82, 2.24) is 10.3 Å². The monoisotopic (exact) mass is 173 g/mol. The third kappa shape index (κ3) is 4.04. The zero-order chi connectivity index (χ0) is 9.40. The normalized spacial score (nSPS) is 20.0. The molecule has 0 atom stereocenters. The van der Waals surface area contributed by atoms with Crippen molar-refractivity contribution in [2.24, 2.45) is 5.84 Å². The highest BCUT2D eigenvalue weighted by Gasteiger charge is 2.15. The molecule has 1 aliphatic rings. The summed E-state index contributed by atoms with van der Waals surface area (Å²) in [5.74, 6) is 5.32. The van der Waals surface area contributed by atoms with Crippen LogP contribution < -0.4 is 11.3 Å². The van der Waals surface area contributed by atoms with Crippen LogP contribution in [0.1, 0.15) is 33.6 Å². The average molecular weight is 173 g/mol. The first-order valence-corrected chi connectivity index (χ1v) is 5.05. The molecular weight excluding hydrogens is 150 g/mol. The van der Waals surface area contributed by atoms with Crippen molar-refractivity contribution in [3.8, 4) is 0 Å². The zero-order valence-electron chi connectivity index (χ0n) is 8.64. The quantitative estimate of drug-likeness (QED) is 0.483. The van der Waals surface area contributed by atoms with Crippen LogP contribution in [0.25, 0.3) is 0 Å². The average Bonchev–Trinajstić information content (AvgIpc) is 2.21. The lowest BCUT2D eigenvalue weighted by Gasteiger charge is -2.30. The van der Waals surface area contributed by atoms with Crippen LogP contribution in [0, 0.1) is 0 Å². The molecule has 0 saturated carbocycles. The van der Waals surface area contributed by atoms with Gasteiger partial charge in [0, 0.05) is 6.04 Å². The van der Waals surface area contributed by atoms with E-state index in [1.54, 1.807) is 0 Å². The van der Waals surface area contributed by atoms with E-state index in [1.165, 1.54) is 32.5 Å². The molecule has 3 heteroatoms. The summed E-state index contributed by atoms with van der Waals surface area (Å²) in [5.41, 5.74) is 2.82. The standard InChI is InChI=1S/C7H17N3.C2H6/c1-2-10-5-3-7(9-8)4-6-10;1-2/h7,9H,2-6,8H2,1H3;1-2H3. The minimum absolute atomic E-state index is 0.558. The van der Waals surface area contributed by atoms with Crippen LogP contribution in [0.15, 0.2) is 0 Å². The predicted octanol–water partition coefficient (Wildman–Crippen LogP) is 0.960. The summed E-state index contributed by atoms with van der Waals surface area (Å²) in [4.78, 5) is 2.45. The number of hydrogen-bond acceptors (Lipinski definition) is 3. The minimum atomic E-state index is 0.558. The lowest BCUT2D eigenvalue weighted by atomic mass is 10.1. The molecule has 1 saturated heterocycles. The number of piperidine rings is 1. The summed E-state index contributed by atoms with van der Waals surface area (Å²) >= 11 is 0. The lowest BCUT2D eigenvalue weighted by molar-refractivity contribution is 0.207. The Morgan fingerprint density at radius 2 is 1.83 bits per heavy atom. The van der Waals surface area contributed by atoms with E-state index >= 15 is 0 Å². The second kappa shape index (κ2) is 7.53. The van der Waals surface area contributed by atoms with E-state index in [0.717, 1.165) is 0 Å². The van der Waals surface area contributed by atoms with Gasteiger partial charge >= 0.3 is 0 Å². The van der Waals surface area contributed by atoms with Gasteiger partial charge in [0.15, 0.2) is 0 Å². The van der Waals surface area contributed by atoms with Gasteiger partial charge in [0.1, 0.15) is 0 Å². The zero-order valence-corrected chi connectivity index (χ0v) is 8.64. The molecule has 0 radical (unpaired) electrons. The minimum Gasteiger partial charge on any atom is -0.303 e. The molecule has 3 nitrogen and oxygen atoms in total. The number of hydrogen-bond donors (Lipinski definition) is 2. The van der Waals surface area contributed by atoms with Crippen LogP contribution in [-0.2, 0) is 0 Å². The molecule has 74 valence electrons. The van der Waals surface area contributed by atoms with Crippen molar-refractivity contribution in [2.75, 3.05) is 19.6 Å². The smallest absolute Gasteiger partial charge is 0.0234 e. The third-order valence-electron chi connectivity index (χ3n) is 2.27. The summed E-state index contributed by atoms with van der Waals surface area (Å²) in [6, 6.07) is 0.558. The molecule has 3 N–H and O–H groups in total. The van der Waals surface area contributed by atoms with E-state index in [2.05, 4.69) is 17.2 Å². The number of rotatable bonds is 2. The Bertz CT molecular complexity index is 75.8. The highest BCUT2D eigenvalue weighted by atomic mass is 15.2. The van der Waals surface area contributed by atoms with Crippen LogP contribution >= 0.6 is 0 Å². The van der Waals surface area contributed by atoms with Crippen LogP contribution in [0.5, 0.6) is 0 Å². The van der Waals surface area contributed by atoms with E-state index in [1.807, 2.05) is 13.8 Å². The van der Waals surface area contributed by atoms with Gasteiger partial charge in [0.05, 0.1) is 0 Å². The van der Waals surface area contributed by atoms with Crippen LogP contribution in [0.4, 0.5) is 0 Å². The summed E-state index contributed by atoms with van der Waals surface area (Å²) in [5, 5.41) is 0. The molecule has 12 heavy (non-hydrogen) atoms. The van der Waals surface area contributed by atoms with Gasteiger partial charge in [0.25, 0.3) is 0 Å². The van der Waals surface area contributed by atoms with Crippen molar-refractivity contribution < 1.29 is 0 Å². The third-order valence-corrected chi connectivity index (χ3v) is 2.27. The largest absolute Gasteiger partial charge is 0.303 e. The van der Waals surface area contributed by atoms with Gasteiger partial charge in [-0.3, -0.25) is 11.3 Å². The van der Waals surface area contributed by atoms with Crippen LogP contribution in [0.2, 0.25) is 0 Å². The molecule has 0 aliphatic carbocycles. The fourth-order valence-electron chi connectivity index (χ4n) is 1.42. The van der Waals surface area contributed by atoms with Gasteiger partial charge in [-0.05, 0) is 32.5 Å². The first kappa shape index (κ1) is 11.9. The molecule has 1 aliphatic heterocycles. The Kier molecular flexibility index (Phi) is 7.45. The van der Waals surface area contributed by atoms with Crippen LogP contribution in [-0.4, -0.2) is 30.6 Å². The molecule has 0 amide bonds. The molecule has 0 aromatic heterocycles. The van der Waals surface area contributed by atoms with Crippen molar-refractivity contribution >= 4 is 0 Å². The number of likely N-dealkylation sites (tertiary alicyclic amines) is 1. The second-order valence-corrected chi connectivity index (χ2v) is 2.88. The molecule has 1 fully saturated rings. The van der Waals surface area contributed by atoms with E-state index < -0.39 is 0 Å². The van der Waals surface area contributed by atoms with Gasteiger partial charge in [-0.25, -0.2) is 0 Å². The Labute approximate surface area is 76.3 Å². The first-order chi connectivity index (χ1) is 5.86. The van der Waals surface area contributed by atoms with E-state index in [-0.39, 0.29) is 0 Å². The molecule has 0 bridgehead atoms. The number of nitrogens with two attached hydrogens (primary N) is 1. The molecule has 0 aromatic carbocycles. The van der Waals surface area contributed by atoms with Gasteiger partial charge in [0.2, 0.25) is 0 Å². The Morgan fingerprint density at radius 3 is 2.17 bits per heavy atom. The predicted molar refractivity (Wildman–Crippen MR) is 53.8 cm³/mol. The number of nitrogens with one attached hydrogen (secondary N) is 1. The highest BCUT2D eigenvalue weighted by molar-refractivity contribution is 4.74. The highest BCUT2D eigenvalue weighted by Crippen LogP contribution is 2.07. The molecule has 1 rings (SSSR count). The topological polar surface area (TPSA) is 41.3 Å². The van der Waals surface area contributed by atoms with Gasteiger partial charge in [-0.2, -0.15) is 0 Å². The Balaban J connectivity index is 0.000000561. The summed E-state index contributed by atoms with van der Waals surface area (Å²) in [6.07, 6.45) is 2.40. The van der Waals surface area contributed by atoms with Crippen molar-refractivity contribution in [3.05, 3.63) is 0 Å². The number of nitrogens with zero attached hydrogens (tertiary/aromatic N) is 1. The molecule has 0 unspecified atom stereocenters. The fraction of sp³-hybridized carbons (Fsp3) is 1.00. The van der Waals surface area contributed by atoms with Gasteiger partial charge in [-0.1, -0.05) is 20.8 Å². The van der Waals surface area contributed by atoms with Crippen molar-refractivity contribution in [3.63, 3.8) is 0 Å². The number of hydrazine groups is 1. The van der Waals surface area contributed by atoms with E-state index in [9.17, 15) is 0 Å². The molecule has 0 aromatic rings. The Hall–Kier alpha value is -0.120. The lowest BCUT2D eigenvalue weighted by Crippen LogP contribution is -2.44. The SMILES string of the molecule is CC.CCN1CCC(NN)CC1. The summed E-state index contributed by atoms with van der Waals surface area (Å²) < 4.78 is 0. The maximum Gasteiger partial charge on any atom is 0.0234 e. The fourth-order valence-corrected chi connectivity index (χ4v) is 1.42. The maximum absolute atomic E-state index is 5.32. The van der Waals surface area contributed by atoms with Crippen molar-refractivity contribution in [1.29, 1.82) is 0 Å². The second-order valence-electron chi connectivity index (χ2n) is 2.88. The summed E-state index contributed by atoms with van der Waals surface area (Å²) in [7, 11) is 0. The van der Waals surface area contributed by atoms with E-state index in [4.69, 9.17) is 5.84 Å².